The molecule has 4 aromatic carbocycles. The number of alkyl halides is 9. The Labute approximate surface area is 578 Å². The normalized spacial score (nSPS) is 14.8. The van der Waals surface area contributed by atoms with Crippen molar-refractivity contribution in [1.29, 1.82) is 0 Å². The van der Waals surface area contributed by atoms with E-state index in [1.165, 1.54) is 30.0 Å². The topological polar surface area (TPSA) is 156 Å². The lowest BCUT2D eigenvalue weighted by Crippen LogP contribution is -2.42. The quantitative estimate of drug-likeness (QED) is 0.117. The number of thiocarbonyl (C=S) groups is 2. The van der Waals surface area contributed by atoms with Crippen molar-refractivity contribution in [2.24, 2.45) is 0 Å². The molecule has 4 aliphatic rings. The summed E-state index contributed by atoms with van der Waals surface area (Å²) in [5, 5.41) is 9.67. The number of phenols is 1. The van der Waals surface area contributed by atoms with Gasteiger partial charge in [0.15, 0.2) is 11.5 Å². The van der Waals surface area contributed by atoms with Gasteiger partial charge in [0.05, 0.1) is 20.1 Å². The summed E-state index contributed by atoms with van der Waals surface area (Å²) in [7, 11) is 9.86. The molecule has 5 amide bonds. The van der Waals surface area contributed by atoms with E-state index in [2.05, 4.69) is 0 Å². The lowest BCUT2D eigenvalue weighted by Gasteiger charge is -2.26. The summed E-state index contributed by atoms with van der Waals surface area (Å²) in [4.78, 5) is 66.6. The molecule has 36 heteroatoms. The van der Waals surface area contributed by atoms with E-state index in [0.717, 1.165) is 30.0 Å². The average Bonchev–Trinajstić information content (AvgIpc) is 1.35. The summed E-state index contributed by atoms with van der Waals surface area (Å²) in [6.07, 6.45) is -15.0. The first-order valence-electron chi connectivity index (χ1n) is 28.7. The maximum absolute atomic E-state index is 14.5. The molecule has 0 aromatic heterocycles. The molecule has 1 N–H and O–H groups in total. The van der Waals surface area contributed by atoms with Crippen molar-refractivity contribution in [2.75, 3.05) is 94.6 Å². The molecule has 0 atom stereocenters. The Morgan fingerprint density at radius 1 is 0.448 bits per heavy atom. The fourth-order valence-corrected chi connectivity index (χ4v) is 11.9. The number of thioether (sulfide) groups is 1. The molecular formula is C60H64Cl4F13N7O9S3. The van der Waals surface area contributed by atoms with Gasteiger partial charge in [-0.3, -0.25) is 19.2 Å². The summed E-state index contributed by atoms with van der Waals surface area (Å²) in [5.41, 5.74) is 1.89. The van der Waals surface area contributed by atoms with Crippen molar-refractivity contribution in [1.82, 2.24) is 34.3 Å². The molecule has 0 unspecified atom stereocenters. The molecule has 0 spiro atoms. The molecule has 0 radical (unpaired) electrons. The molecule has 8 rings (SSSR count). The van der Waals surface area contributed by atoms with Crippen LogP contribution in [-0.2, 0) is 70.5 Å². The highest BCUT2D eigenvalue weighted by molar-refractivity contribution is 8.13. The van der Waals surface area contributed by atoms with Crippen molar-refractivity contribution in [3.63, 3.8) is 0 Å². The van der Waals surface area contributed by atoms with Crippen LogP contribution in [0, 0.1) is 23.3 Å². The number of carbonyl (C=O) groups excluding carboxylic acids is 5. The number of phenolic OH excluding ortho intramolecular Hbond substituents is 1. The number of aromatic hydroxyl groups is 1. The third kappa shape index (κ3) is 21.2. The molecule has 0 fully saturated rings. The zero-order valence-corrected chi connectivity index (χ0v) is 58.1. The monoisotopic (exact) mass is 1510 g/mol. The molecule has 530 valence electrons. The predicted octanol–water partition coefficient (Wildman–Crippen LogP) is 13.7. The van der Waals surface area contributed by atoms with Crippen LogP contribution in [-0.4, -0.2) is 198 Å². The second kappa shape index (κ2) is 33.1. The first-order valence-corrected chi connectivity index (χ1v) is 31.8. The maximum Gasteiger partial charge on any atom is 0.471 e. The van der Waals surface area contributed by atoms with Gasteiger partial charge in [0, 0.05) is 116 Å². The molecule has 4 heterocycles. The first kappa shape index (κ1) is 80.5. The lowest BCUT2D eigenvalue weighted by atomic mass is 10.0. The zero-order valence-electron chi connectivity index (χ0n) is 52.6. The Hall–Kier alpha value is -6.19. The molecule has 4 aromatic rings. The Bertz CT molecular complexity index is 3500. The summed E-state index contributed by atoms with van der Waals surface area (Å²) in [6, 6.07) is 4.23. The zero-order chi connectivity index (χ0) is 72.6. The largest absolute Gasteiger partial charge is 0.506 e. The predicted molar refractivity (Wildman–Crippen MR) is 341 cm³/mol. The van der Waals surface area contributed by atoms with Crippen LogP contribution in [0.1, 0.15) is 65.3 Å². The summed E-state index contributed by atoms with van der Waals surface area (Å²) in [6.45, 7) is 4.70. The van der Waals surface area contributed by atoms with Crippen LogP contribution in [0.5, 0.6) is 17.2 Å². The van der Waals surface area contributed by atoms with Crippen LogP contribution < -0.4 is 9.47 Å². The van der Waals surface area contributed by atoms with Crippen molar-refractivity contribution in [3.8, 4) is 17.2 Å². The van der Waals surface area contributed by atoms with Crippen LogP contribution in [0.15, 0.2) is 29.2 Å². The minimum absolute atomic E-state index is 0.0162. The van der Waals surface area contributed by atoms with Gasteiger partial charge in [-0.05, 0) is 160 Å². The number of fused-ring (bicyclic) bond motifs is 4. The SMILES string of the molecule is CN(C)C(=O)Sc1c(Cl)cc(F)c2c1CCN(C(=O)C(F)(F)F)CC2.CN(C)C(=S)Oc1c(Cl)cc(F)c2c1CCN(C(=O)C(F)(F)F)CC2.CN(C)C(=S)Oc1c(Cl)cc(F)c2c1CCN(C(=O)OC(C)(C)C)CC2.O=C(N1CCc2c(F)cc(Cl)c(O)c2CC1)C(F)(F)F. The smallest absolute Gasteiger partial charge is 0.471 e. The molecular weight excluding hydrogens is 1450 g/mol. The number of benzene rings is 4. The van der Waals surface area contributed by atoms with E-state index in [1.54, 1.807) is 38.0 Å². The molecule has 0 bridgehead atoms. The van der Waals surface area contributed by atoms with Crippen LogP contribution >= 0.6 is 82.6 Å². The molecule has 96 heavy (non-hydrogen) atoms. The molecule has 0 saturated heterocycles. The highest BCUT2D eigenvalue weighted by atomic mass is 35.5. The van der Waals surface area contributed by atoms with Gasteiger partial charge in [0.1, 0.15) is 34.6 Å². The number of hydrogen-bond donors (Lipinski definition) is 1. The van der Waals surface area contributed by atoms with E-state index in [1.807, 2.05) is 20.8 Å². The van der Waals surface area contributed by atoms with E-state index < -0.39 is 71.2 Å². The van der Waals surface area contributed by atoms with Gasteiger partial charge in [-0.25, -0.2) is 22.4 Å². The second-order valence-corrected chi connectivity index (χ2v) is 26.4. The number of nitrogens with zero attached hydrogens (tertiary/aromatic N) is 7. The fourth-order valence-electron chi connectivity index (χ4n) is 9.85. The highest BCUT2D eigenvalue weighted by Crippen LogP contribution is 2.41. The van der Waals surface area contributed by atoms with Gasteiger partial charge < -0.3 is 53.6 Å². The third-order valence-electron chi connectivity index (χ3n) is 14.6. The van der Waals surface area contributed by atoms with Crippen molar-refractivity contribution < 1.29 is 100 Å². The summed E-state index contributed by atoms with van der Waals surface area (Å²) < 4.78 is 186. The molecule has 0 saturated carbocycles. The van der Waals surface area contributed by atoms with E-state index in [4.69, 9.17) is 85.1 Å². The minimum atomic E-state index is -4.98. The number of ether oxygens (including phenoxy) is 3. The van der Waals surface area contributed by atoms with E-state index >= 15 is 0 Å². The van der Waals surface area contributed by atoms with Crippen molar-refractivity contribution in [3.05, 3.63) is 112 Å². The van der Waals surface area contributed by atoms with Gasteiger partial charge in [-0.2, -0.15) is 39.5 Å². The van der Waals surface area contributed by atoms with Gasteiger partial charge in [-0.15, -0.1) is 0 Å². The van der Waals surface area contributed by atoms with E-state index in [-0.39, 0.29) is 147 Å². The van der Waals surface area contributed by atoms with Crippen molar-refractivity contribution in [2.45, 2.75) is 101 Å². The van der Waals surface area contributed by atoms with Crippen LogP contribution in [0.25, 0.3) is 0 Å². The molecule has 16 nitrogen and oxygen atoms in total. The average molecular weight is 1510 g/mol. The van der Waals surface area contributed by atoms with E-state index in [9.17, 15) is 86.2 Å². The Morgan fingerprint density at radius 3 is 1.05 bits per heavy atom. The summed E-state index contributed by atoms with van der Waals surface area (Å²) in [5.74, 6) is -8.13. The standard InChI is InChI=1S/C18H24ClFN2O3S.2C15H15ClF4N2O2S.C12H10ClF4NO2/c1-18(2,3)25-16(23)22-8-6-11-12(7-9-22)15(13(19)10-14(11)20)24-17(26)21(4)5;1-21(2)14(24)25-12-9-4-6-22(13(23)15(18,19)20)5-3-8(9)11(17)7-10(12)16;1-21(2)14(25)24-12-9-4-6-22(13(23)15(18,19)20)5-3-8(9)11(17)7-10(12)16;13-8-5-9(14)6-1-3-18(11(20)12(15,16)17)4-2-7(6)10(8)19/h10H,6-9H2,1-5H3;2*7H,3-6H2,1-2H3;5,19H,1-4H2. The Kier molecular flexibility index (Phi) is 27.8. The van der Waals surface area contributed by atoms with Crippen LogP contribution in [0.3, 0.4) is 0 Å². The number of rotatable bonds is 3. The van der Waals surface area contributed by atoms with Crippen molar-refractivity contribution >= 4 is 122 Å². The van der Waals surface area contributed by atoms with Crippen LogP contribution in [0.2, 0.25) is 20.1 Å². The summed E-state index contributed by atoms with van der Waals surface area (Å²) >= 11 is 34.9. The van der Waals surface area contributed by atoms with Gasteiger partial charge in [-0.1, -0.05) is 46.4 Å². The molecule has 4 aliphatic heterocycles. The maximum atomic E-state index is 14.5. The minimum Gasteiger partial charge on any atom is -0.506 e. The first-order chi connectivity index (χ1) is 44.2. The second-order valence-electron chi connectivity index (χ2n) is 23.1. The number of hydrogen-bond acceptors (Lipinski definition) is 12. The fraction of sp³-hybridized carbons (Fsp3) is 0.483. The van der Waals surface area contributed by atoms with Crippen LogP contribution in [0.4, 0.5) is 66.7 Å². The lowest BCUT2D eigenvalue weighted by molar-refractivity contribution is -0.185. The third-order valence-corrected chi connectivity index (χ3v) is 17.9. The van der Waals surface area contributed by atoms with Gasteiger partial charge >= 0.3 is 42.3 Å². The van der Waals surface area contributed by atoms with E-state index in [0.29, 0.717) is 73.5 Å². The van der Waals surface area contributed by atoms with Gasteiger partial charge in [0.2, 0.25) is 0 Å². The highest BCUT2D eigenvalue weighted by Gasteiger charge is 2.45. The van der Waals surface area contributed by atoms with Gasteiger partial charge in [0.25, 0.3) is 15.6 Å². The Morgan fingerprint density at radius 2 is 0.729 bits per heavy atom. The number of carbonyl (C=O) groups is 5. The molecule has 0 aliphatic carbocycles. The number of amides is 5. The number of halogens is 17. The Balaban J connectivity index is 0.000000232.